The van der Waals surface area contributed by atoms with Gasteiger partial charge in [0.25, 0.3) is 0 Å². The smallest absolute Gasteiger partial charge is 0.313 e. The Bertz CT molecular complexity index is 578. The number of para-hydroxylation sites is 1. The Morgan fingerprint density at radius 3 is 2.67 bits per heavy atom. The van der Waals surface area contributed by atoms with E-state index in [1.54, 1.807) is 7.11 Å². The Morgan fingerprint density at radius 2 is 2.00 bits per heavy atom. The van der Waals surface area contributed by atoms with Gasteiger partial charge in [0.2, 0.25) is 0 Å². The summed E-state index contributed by atoms with van der Waals surface area (Å²) in [6.07, 6.45) is 1.63. The molecule has 1 fully saturated rings. The van der Waals surface area contributed by atoms with E-state index in [4.69, 9.17) is 4.74 Å². The van der Waals surface area contributed by atoms with Crippen molar-refractivity contribution in [2.24, 2.45) is 0 Å². The first-order valence-corrected chi connectivity index (χ1v) is 7.78. The van der Waals surface area contributed by atoms with Crippen LogP contribution in [0.3, 0.4) is 0 Å². The molecule has 1 unspecified atom stereocenters. The lowest BCUT2D eigenvalue weighted by Crippen LogP contribution is -2.50. The zero-order chi connectivity index (χ0) is 17.5. The number of carbonyl (C=O) groups excluding carboxylic acids is 2. The van der Waals surface area contributed by atoms with Gasteiger partial charge in [0.15, 0.2) is 0 Å². The molecule has 24 heavy (non-hydrogen) atoms. The van der Waals surface area contributed by atoms with Crippen LogP contribution in [0.5, 0.6) is 0 Å². The molecule has 1 saturated heterocycles. The molecule has 1 aromatic rings. The van der Waals surface area contributed by atoms with E-state index in [0.29, 0.717) is 13.2 Å². The van der Waals surface area contributed by atoms with Crippen LogP contribution in [0.4, 0.5) is 14.5 Å². The Morgan fingerprint density at radius 1 is 1.29 bits per heavy atom. The minimum absolute atomic E-state index is 0.181. The first-order valence-electron chi connectivity index (χ1n) is 7.78. The molecule has 0 spiro atoms. The van der Waals surface area contributed by atoms with Crippen LogP contribution in [-0.2, 0) is 14.3 Å². The summed E-state index contributed by atoms with van der Waals surface area (Å²) in [4.78, 5) is 25.9. The van der Waals surface area contributed by atoms with Crippen molar-refractivity contribution in [3.05, 3.63) is 29.8 Å². The maximum absolute atomic E-state index is 13.5. The van der Waals surface area contributed by atoms with Crippen LogP contribution in [0, 0.1) is 11.6 Å². The molecule has 1 aromatic carbocycles. The summed E-state index contributed by atoms with van der Waals surface area (Å²) in [5, 5.41) is 4.58. The van der Waals surface area contributed by atoms with Crippen LogP contribution >= 0.6 is 0 Å². The number of hydrogen-bond donors (Lipinski definition) is 2. The molecule has 0 saturated carbocycles. The highest BCUT2D eigenvalue weighted by Crippen LogP contribution is 2.17. The minimum atomic E-state index is -1.09. The second kappa shape index (κ2) is 8.70. The minimum Gasteiger partial charge on any atom is -0.383 e. The van der Waals surface area contributed by atoms with E-state index >= 15 is 0 Å². The number of piperidine rings is 1. The quantitative estimate of drug-likeness (QED) is 0.788. The third-order valence-electron chi connectivity index (χ3n) is 3.86. The van der Waals surface area contributed by atoms with E-state index in [0.717, 1.165) is 38.1 Å². The molecule has 2 N–H and O–H groups in total. The molecule has 8 heteroatoms. The Kier molecular flexibility index (Phi) is 6.62. The van der Waals surface area contributed by atoms with E-state index in [2.05, 4.69) is 10.2 Å². The van der Waals surface area contributed by atoms with E-state index < -0.39 is 29.1 Å². The Labute approximate surface area is 139 Å². The fourth-order valence-electron chi connectivity index (χ4n) is 2.64. The zero-order valence-electron chi connectivity index (χ0n) is 13.5. The third kappa shape index (κ3) is 4.97. The van der Waals surface area contributed by atoms with Crippen LogP contribution in [0.1, 0.15) is 12.8 Å². The number of amides is 2. The summed E-state index contributed by atoms with van der Waals surface area (Å²) in [6.45, 7) is 2.85. The number of rotatable bonds is 5. The predicted octanol–water partition coefficient (Wildman–Crippen LogP) is 1.13. The summed E-state index contributed by atoms with van der Waals surface area (Å²) in [5.41, 5.74) is -0.622. The van der Waals surface area contributed by atoms with Gasteiger partial charge in [0.05, 0.1) is 6.61 Å². The lowest BCUT2D eigenvalue weighted by atomic mass is 10.1. The normalized spacial score (nSPS) is 18.2. The van der Waals surface area contributed by atoms with Gasteiger partial charge in [-0.25, -0.2) is 8.78 Å². The number of likely N-dealkylation sites (tertiary alicyclic amines) is 1. The van der Waals surface area contributed by atoms with Crippen molar-refractivity contribution in [3.63, 3.8) is 0 Å². The molecule has 1 aliphatic heterocycles. The van der Waals surface area contributed by atoms with E-state index in [1.807, 2.05) is 5.32 Å². The van der Waals surface area contributed by atoms with Gasteiger partial charge in [-0.05, 0) is 31.5 Å². The number of carbonyl (C=O) groups is 2. The molecule has 1 heterocycles. The van der Waals surface area contributed by atoms with Crippen LogP contribution in [0.2, 0.25) is 0 Å². The lowest BCUT2D eigenvalue weighted by molar-refractivity contribution is -0.136. The molecule has 2 amide bonds. The molecule has 132 valence electrons. The van der Waals surface area contributed by atoms with E-state index in [-0.39, 0.29) is 6.04 Å². The van der Waals surface area contributed by atoms with Gasteiger partial charge in [-0.1, -0.05) is 6.07 Å². The Hall–Kier alpha value is -2.06. The highest BCUT2D eigenvalue weighted by molar-refractivity contribution is 6.39. The summed E-state index contributed by atoms with van der Waals surface area (Å²) >= 11 is 0. The van der Waals surface area contributed by atoms with E-state index in [9.17, 15) is 18.4 Å². The fraction of sp³-hybridized carbons (Fsp3) is 0.500. The fourth-order valence-corrected chi connectivity index (χ4v) is 2.64. The Balaban J connectivity index is 1.88. The summed E-state index contributed by atoms with van der Waals surface area (Å²) in [6, 6.07) is 3.01. The van der Waals surface area contributed by atoms with Crippen molar-refractivity contribution in [2.75, 3.05) is 38.7 Å². The molecule has 0 aliphatic carbocycles. The number of ether oxygens (including phenoxy) is 1. The molecule has 6 nitrogen and oxygen atoms in total. The van der Waals surface area contributed by atoms with Crippen molar-refractivity contribution >= 4 is 17.5 Å². The standard InChI is InChI=1S/C16H21F2N3O3/c1-24-9-8-21-7-3-4-11(10-21)19-15(22)16(23)20-14-12(17)5-2-6-13(14)18/h2,5-6,11H,3-4,7-10H2,1H3,(H,19,22)(H,20,23). The summed E-state index contributed by atoms with van der Waals surface area (Å²) in [7, 11) is 1.62. The summed E-state index contributed by atoms with van der Waals surface area (Å²) in [5.74, 6) is -3.86. The molecule has 0 aromatic heterocycles. The van der Waals surface area contributed by atoms with Crippen molar-refractivity contribution in [2.45, 2.75) is 18.9 Å². The van der Waals surface area contributed by atoms with Crippen molar-refractivity contribution in [1.82, 2.24) is 10.2 Å². The van der Waals surface area contributed by atoms with Gasteiger partial charge in [0.1, 0.15) is 17.3 Å². The number of nitrogens with one attached hydrogen (secondary N) is 2. The molecular formula is C16H21F2N3O3. The van der Waals surface area contributed by atoms with Gasteiger partial charge in [-0.3, -0.25) is 14.5 Å². The second-order valence-corrected chi connectivity index (χ2v) is 5.66. The first-order chi connectivity index (χ1) is 11.5. The molecule has 1 aliphatic rings. The average Bonchev–Trinajstić information content (AvgIpc) is 2.56. The highest BCUT2D eigenvalue weighted by Gasteiger charge is 2.25. The first kappa shape index (κ1) is 18.3. The molecule has 0 bridgehead atoms. The number of anilines is 1. The maximum Gasteiger partial charge on any atom is 0.313 e. The molecule has 2 rings (SSSR count). The third-order valence-corrected chi connectivity index (χ3v) is 3.86. The van der Waals surface area contributed by atoms with E-state index in [1.165, 1.54) is 6.07 Å². The van der Waals surface area contributed by atoms with Crippen LogP contribution in [0.15, 0.2) is 18.2 Å². The van der Waals surface area contributed by atoms with Gasteiger partial charge in [-0.15, -0.1) is 0 Å². The van der Waals surface area contributed by atoms with Crippen LogP contribution in [0.25, 0.3) is 0 Å². The van der Waals surface area contributed by atoms with Crippen molar-refractivity contribution < 1.29 is 23.1 Å². The van der Waals surface area contributed by atoms with Gasteiger partial charge < -0.3 is 15.4 Å². The van der Waals surface area contributed by atoms with Crippen LogP contribution < -0.4 is 10.6 Å². The molecule has 0 radical (unpaired) electrons. The zero-order valence-corrected chi connectivity index (χ0v) is 13.5. The highest BCUT2D eigenvalue weighted by atomic mass is 19.1. The van der Waals surface area contributed by atoms with Gasteiger partial charge >= 0.3 is 11.8 Å². The number of methoxy groups -OCH3 is 1. The average molecular weight is 341 g/mol. The number of nitrogens with zero attached hydrogens (tertiary/aromatic N) is 1. The summed E-state index contributed by atoms with van der Waals surface area (Å²) < 4.78 is 32.0. The number of benzene rings is 1. The van der Waals surface area contributed by atoms with Gasteiger partial charge in [0, 0.05) is 26.2 Å². The predicted molar refractivity (Wildman–Crippen MR) is 84.5 cm³/mol. The molecule has 1 atom stereocenters. The van der Waals surface area contributed by atoms with Gasteiger partial charge in [-0.2, -0.15) is 0 Å². The largest absolute Gasteiger partial charge is 0.383 e. The monoisotopic (exact) mass is 341 g/mol. The second-order valence-electron chi connectivity index (χ2n) is 5.66. The van der Waals surface area contributed by atoms with Crippen molar-refractivity contribution in [3.8, 4) is 0 Å². The molecular weight excluding hydrogens is 320 g/mol. The van der Waals surface area contributed by atoms with Crippen molar-refractivity contribution in [1.29, 1.82) is 0 Å². The number of hydrogen-bond acceptors (Lipinski definition) is 4. The van der Waals surface area contributed by atoms with Crippen LogP contribution in [-0.4, -0.2) is 56.1 Å². The topological polar surface area (TPSA) is 70.7 Å². The number of halogens is 2. The maximum atomic E-state index is 13.5. The lowest BCUT2D eigenvalue weighted by Gasteiger charge is -2.32. The SMILES string of the molecule is COCCN1CCCC(NC(=O)C(=O)Nc2c(F)cccc2F)C1.